The predicted molar refractivity (Wildman–Crippen MR) is 246 cm³/mol. The fraction of sp³-hybridized carbons (Fsp3) is 0.404. The molecule has 0 unspecified atom stereocenters. The van der Waals surface area contributed by atoms with Crippen LogP contribution >= 0.6 is 0 Å². The first-order chi connectivity index (χ1) is 31.9. The van der Waals surface area contributed by atoms with Gasteiger partial charge in [-0.05, 0) is 41.4 Å². The molecule has 4 rings (SSSR count). The van der Waals surface area contributed by atoms with Gasteiger partial charge in [-0.15, -0.1) is 0 Å². The van der Waals surface area contributed by atoms with Gasteiger partial charge in [0, 0.05) is 43.3 Å². The van der Waals surface area contributed by atoms with Crippen molar-refractivity contribution in [1.82, 2.24) is 41.9 Å². The van der Waals surface area contributed by atoms with Crippen LogP contribution in [-0.2, 0) is 64.0 Å². The molecule has 0 saturated carbocycles. The summed E-state index contributed by atoms with van der Waals surface area (Å²) >= 11 is 0. The number of nitrogens with one attached hydrogen (secondary N) is 7. The summed E-state index contributed by atoms with van der Waals surface area (Å²) in [6.07, 6.45) is 2.90. The molecule has 3 aromatic carbocycles. The van der Waals surface area contributed by atoms with Crippen molar-refractivity contribution in [2.45, 2.75) is 96.1 Å². The van der Waals surface area contributed by atoms with Gasteiger partial charge in [-0.2, -0.15) is 0 Å². The summed E-state index contributed by atoms with van der Waals surface area (Å²) in [5.41, 5.74) is 8.18. The minimum Gasteiger partial charge on any atom is -0.467 e. The van der Waals surface area contributed by atoms with Crippen molar-refractivity contribution in [2.24, 2.45) is 17.6 Å². The van der Waals surface area contributed by atoms with Crippen LogP contribution in [0.5, 0.6) is 0 Å². The second-order valence-corrected chi connectivity index (χ2v) is 16.8. The van der Waals surface area contributed by atoms with Gasteiger partial charge in [0.15, 0.2) is 0 Å². The molecule has 0 spiro atoms. The lowest BCUT2D eigenvalue weighted by Crippen LogP contribution is -2.60. The van der Waals surface area contributed by atoms with E-state index in [1.807, 2.05) is 44.2 Å². The Bertz CT molecular complexity index is 2280. The predicted octanol–water partition coefficient (Wildman–Crippen LogP) is 1.33. The smallest absolute Gasteiger partial charge is 0.328 e. The number of nitrogens with zero attached hydrogens (tertiary/aromatic N) is 2. The van der Waals surface area contributed by atoms with E-state index in [9.17, 15) is 43.7 Å². The van der Waals surface area contributed by atoms with Crippen molar-refractivity contribution in [3.8, 4) is 0 Å². The van der Waals surface area contributed by atoms with Gasteiger partial charge in [0.05, 0.1) is 30.9 Å². The Labute approximate surface area is 388 Å². The van der Waals surface area contributed by atoms with Crippen LogP contribution in [0.1, 0.15) is 56.5 Å². The van der Waals surface area contributed by atoms with E-state index in [0.29, 0.717) is 16.8 Å². The molecule has 9 N–H and O–H groups in total. The van der Waals surface area contributed by atoms with Crippen molar-refractivity contribution in [3.63, 3.8) is 0 Å². The van der Waals surface area contributed by atoms with E-state index in [-0.39, 0.29) is 43.7 Å². The highest BCUT2D eigenvalue weighted by molar-refractivity contribution is 5.97. The molecule has 1 aromatic heterocycles. The van der Waals surface area contributed by atoms with Crippen LogP contribution < -0.4 is 37.6 Å². The highest BCUT2D eigenvalue weighted by atomic mass is 16.6. The summed E-state index contributed by atoms with van der Waals surface area (Å²) in [7, 11) is 1.21. The summed E-state index contributed by atoms with van der Waals surface area (Å²) in [5, 5.41) is 27.4. The fourth-order valence-electron chi connectivity index (χ4n) is 7.01. The van der Waals surface area contributed by atoms with Crippen LogP contribution in [0.3, 0.4) is 0 Å². The number of aromatic nitrogens is 2. The molecule has 0 aliphatic rings. The van der Waals surface area contributed by atoms with Crippen molar-refractivity contribution in [2.75, 3.05) is 13.7 Å². The van der Waals surface area contributed by atoms with Gasteiger partial charge in [-0.25, -0.2) is 9.78 Å². The largest absolute Gasteiger partial charge is 0.467 e. The quantitative estimate of drug-likeness (QED) is 0.0265. The molecule has 0 radical (unpaired) electrons. The third-order valence-corrected chi connectivity index (χ3v) is 10.6. The number of carbonyl (C=O) groups excluding carboxylic acids is 7. The molecule has 4 aromatic rings. The van der Waals surface area contributed by atoms with Crippen molar-refractivity contribution in [3.05, 3.63) is 130 Å². The Morgan fingerprint density at radius 1 is 0.657 bits per heavy atom. The van der Waals surface area contributed by atoms with E-state index >= 15 is 0 Å². The number of benzene rings is 3. The maximum atomic E-state index is 14.5. The number of non-ortho nitro benzene ring substituents is 1. The summed E-state index contributed by atoms with van der Waals surface area (Å²) in [6, 6.07) is 15.9. The van der Waals surface area contributed by atoms with Crippen molar-refractivity contribution >= 4 is 47.1 Å². The number of imidazole rings is 1. The minimum absolute atomic E-state index is 0.0147. The Balaban J connectivity index is 1.60. The second-order valence-electron chi connectivity index (χ2n) is 16.8. The lowest BCUT2D eigenvalue weighted by molar-refractivity contribution is -0.384. The van der Waals surface area contributed by atoms with Gasteiger partial charge < -0.3 is 47.4 Å². The molecule has 20 nitrogen and oxygen atoms in total. The molecule has 0 fully saturated rings. The highest BCUT2D eigenvalue weighted by Crippen LogP contribution is 2.15. The van der Waals surface area contributed by atoms with Crippen LogP contribution in [0.2, 0.25) is 0 Å². The number of ether oxygens (including phenoxy) is 1. The van der Waals surface area contributed by atoms with Gasteiger partial charge >= 0.3 is 5.97 Å². The number of nitro groups is 1. The number of methoxy groups -OCH3 is 1. The van der Waals surface area contributed by atoms with Gasteiger partial charge in [0.25, 0.3) is 5.69 Å². The molecule has 358 valence electrons. The Morgan fingerprint density at radius 3 is 1.66 bits per heavy atom. The molecule has 0 aliphatic carbocycles. The van der Waals surface area contributed by atoms with Gasteiger partial charge in [0.2, 0.25) is 35.4 Å². The van der Waals surface area contributed by atoms with E-state index < -0.39 is 95.0 Å². The number of hydrogen-bond donors (Lipinski definition) is 8. The SMILES string of the molecule is COC(=O)[C@H](CC(C)C)NC(=O)[C@@H](NC(=O)[C@H](Cc1ccccc1)NC(=O)[C@H](Cc1ccc([N+](=O)[O-])cc1)NC(=O)[C@H](Cc1cnc[nH]1)NC(=O)CNC(=O)[C@@H](N)Cc1ccccc1)C(C)C. The number of carbonyl (C=O) groups is 7. The lowest BCUT2D eigenvalue weighted by Gasteiger charge is -2.28. The number of hydrogen-bond acceptors (Lipinski definition) is 12. The van der Waals surface area contributed by atoms with Crippen LogP contribution in [0, 0.1) is 22.0 Å². The number of H-pyrrole nitrogens is 1. The van der Waals surface area contributed by atoms with E-state index in [1.165, 1.54) is 43.9 Å². The number of aromatic amines is 1. The van der Waals surface area contributed by atoms with Gasteiger partial charge in [-0.1, -0.05) is 100 Å². The number of amides is 6. The number of esters is 1. The van der Waals surface area contributed by atoms with Crippen LogP contribution in [0.15, 0.2) is 97.5 Å². The van der Waals surface area contributed by atoms with Crippen LogP contribution in [-0.4, -0.2) is 106 Å². The topological polar surface area (TPSA) is 299 Å². The number of rotatable bonds is 25. The average Bonchev–Trinajstić information content (AvgIpc) is 3.82. The number of nitrogens with two attached hydrogens (primary N) is 1. The minimum atomic E-state index is -1.45. The van der Waals surface area contributed by atoms with Gasteiger partial charge in [-0.3, -0.25) is 38.9 Å². The molecular formula is C47H60N10O10. The van der Waals surface area contributed by atoms with Crippen molar-refractivity contribution in [1.29, 1.82) is 0 Å². The van der Waals surface area contributed by atoms with E-state index in [2.05, 4.69) is 41.9 Å². The summed E-state index contributed by atoms with van der Waals surface area (Å²) in [6.45, 7) is 6.62. The maximum absolute atomic E-state index is 14.5. The molecule has 0 bridgehead atoms. The van der Waals surface area contributed by atoms with Crippen molar-refractivity contribution < 1.29 is 43.2 Å². The molecule has 6 amide bonds. The van der Waals surface area contributed by atoms with Gasteiger partial charge in [0.1, 0.15) is 30.2 Å². The molecule has 0 aliphatic heterocycles. The molecule has 67 heavy (non-hydrogen) atoms. The molecule has 20 heteroatoms. The highest BCUT2D eigenvalue weighted by Gasteiger charge is 2.34. The summed E-state index contributed by atoms with van der Waals surface area (Å²) in [4.78, 5) is 113. The zero-order chi connectivity index (χ0) is 49.0. The molecule has 1 heterocycles. The first kappa shape index (κ1) is 52.1. The van der Waals surface area contributed by atoms with Crippen LogP contribution in [0.4, 0.5) is 5.69 Å². The third kappa shape index (κ3) is 17.1. The Hall–Kier alpha value is -7.48. The first-order valence-electron chi connectivity index (χ1n) is 21.8. The monoisotopic (exact) mass is 924 g/mol. The standard InChI is InChI=1S/C47H60N10O10/c1-28(2)20-39(47(64)67-5)55-46(63)41(29(3)4)56-45(62)37(22-31-14-10-7-11-15-31)54-43(60)36(23-32-16-18-34(19-17-32)57(65)66)53-44(61)38(24-33-25-49-27-51-33)52-40(58)26-50-42(59)35(48)21-30-12-8-6-9-13-30/h6-19,25,27-29,35-39,41H,20-24,26,48H2,1-5H3,(H,49,51)(H,50,59)(H,52,58)(H,53,61)(H,54,60)(H,55,63)(H,56,62)/t35-,36-,37-,38-,39-,41-/m0/s1. The normalized spacial score (nSPS) is 13.7. The fourth-order valence-corrected chi connectivity index (χ4v) is 7.01. The first-order valence-corrected chi connectivity index (χ1v) is 21.8. The third-order valence-electron chi connectivity index (χ3n) is 10.6. The van der Waals surface area contributed by atoms with E-state index in [4.69, 9.17) is 10.5 Å². The number of nitro benzene ring substituents is 1. The zero-order valence-electron chi connectivity index (χ0n) is 38.2. The van der Waals surface area contributed by atoms with E-state index in [0.717, 1.165) is 5.56 Å². The average molecular weight is 925 g/mol. The van der Waals surface area contributed by atoms with E-state index in [1.54, 1.807) is 44.2 Å². The second kappa shape index (κ2) is 25.9. The lowest BCUT2D eigenvalue weighted by atomic mass is 9.98. The Morgan fingerprint density at radius 2 is 1.16 bits per heavy atom. The maximum Gasteiger partial charge on any atom is 0.328 e. The zero-order valence-corrected chi connectivity index (χ0v) is 38.2. The van der Waals surface area contributed by atoms with Crippen LogP contribution in [0.25, 0.3) is 0 Å². The summed E-state index contributed by atoms with van der Waals surface area (Å²) in [5.74, 6) is -5.54. The molecule has 0 saturated heterocycles. The molecule has 6 atom stereocenters. The molecular weight excluding hydrogens is 865 g/mol. The Kier molecular flexibility index (Phi) is 20.1. The summed E-state index contributed by atoms with van der Waals surface area (Å²) < 4.78 is 4.90.